The second-order valence-electron chi connectivity index (χ2n) is 5.34. The van der Waals surface area contributed by atoms with Gasteiger partial charge in [0.2, 0.25) is 0 Å². The lowest BCUT2D eigenvalue weighted by molar-refractivity contribution is 0.143. The molecule has 0 aliphatic carbocycles. The van der Waals surface area contributed by atoms with Gasteiger partial charge in [-0.2, -0.15) is 0 Å². The topological polar surface area (TPSA) is 60.8 Å². The van der Waals surface area contributed by atoms with E-state index in [1.54, 1.807) is 6.07 Å². The van der Waals surface area contributed by atoms with Crippen molar-refractivity contribution in [3.63, 3.8) is 0 Å². The Kier molecular flexibility index (Phi) is 6.44. The quantitative estimate of drug-likeness (QED) is 0.814. The fourth-order valence-corrected chi connectivity index (χ4v) is 2.66. The molecule has 0 unspecified atom stereocenters. The van der Waals surface area contributed by atoms with Gasteiger partial charge in [-0.25, -0.2) is 4.79 Å². The molecule has 0 fully saturated rings. The first kappa shape index (κ1) is 17.3. The third kappa shape index (κ3) is 5.27. The van der Waals surface area contributed by atoms with E-state index in [2.05, 4.69) is 0 Å². The number of aliphatic hydroxyl groups is 1. The smallest absolute Gasteiger partial charge is 0.407 e. The maximum atomic E-state index is 11.5. The predicted molar refractivity (Wildman–Crippen MR) is 90.8 cm³/mol. The van der Waals surface area contributed by atoms with Gasteiger partial charge in [-0.1, -0.05) is 54.1 Å². The van der Waals surface area contributed by atoms with E-state index in [0.717, 1.165) is 16.7 Å². The number of hydrogen-bond donors (Lipinski definition) is 2. The Balaban J connectivity index is 2.03. The summed E-state index contributed by atoms with van der Waals surface area (Å²) in [7, 11) is 0. The van der Waals surface area contributed by atoms with Gasteiger partial charge in [0.15, 0.2) is 0 Å². The minimum Gasteiger partial charge on any atom is -0.465 e. The lowest BCUT2D eigenvalue weighted by Gasteiger charge is -2.20. The lowest BCUT2D eigenvalue weighted by Crippen LogP contribution is -2.31. The standard InChI is InChI=1S/C18H20ClNO3/c19-17-7-2-1-6-16(17)8-10-20(18(22)23)13-15-5-3-4-14(12-15)9-11-21/h1-7,12,21H,8-11,13H2,(H,22,23). The summed E-state index contributed by atoms with van der Waals surface area (Å²) in [4.78, 5) is 12.8. The molecule has 0 bridgehead atoms. The fourth-order valence-electron chi connectivity index (χ4n) is 2.43. The number of halogens is 1. The van der Waals surface area contributed by atoms with E-state index < -0.39 is 6.09 Å². The summed E-state index contributed by atoms with van der Waals surface area (Å²) < 4.78 is 0. The van der Waals surface area contributed by atoms with Gasteiger partial charge in [-0.3, -0.25) is 0 Å². The Morgan fingerprint density at radius 1 is 1.04 bits per heavy atom. The third-order valence-electron chi connectivity index (χ3n) is 3.64. The van der Waals surface area contributed by atoms with Crippen LogP contribution in [-0.2, 0) is 19.4 Å². The first-order valence-corrected chi connectivity index (χ1v) is 7.88. The van der Waals surface area contributed by atoms with Crippen molar-refractivity contribution < 1.29 is 15.0 Å². The highest BCUT2D eigenvalue weighted by Crippen LogP contribution is 2.16. The normalized spacial score (nSPS) is 10.5. The van der Waals surface area contributed by atoms with Gasteiger partial charge in [-0.05, 0) is 35.6 Å². The van der Waals surface area contributed by atoms with Crippen LogP contribution < -0.4 is 0 Å². The fraction of sp³-hybridized carbons (Fsp3) is 0.278. The van der Waals surface area contributed by atoms with Gasteiger partial charge in [0.1, 0.15) is 0 Å². The van der Waals surface area contributed by atoms with Crippen LogP contribution in [0.15, 0.2) is 48.5 Å². The van der Waals surface area contributed by atoms with Crippen LogP contribution in [0.1, 0.15) is 16.7 Å². The van der Waals surface area contributed by atoms with Crippen molar-refractivity contribution in [1.29, 1.82) is 0 Å². The largest absolute Gasteiger partial charge is 0.465 e. The van der Waals surface area contributed by atoms with Crippen LogP contribution in [-0.4, -0.2) is 34.4 Å². The zero-order valence-electron chi connectivity index (χ0n) is 12.8. The van der Waals surface area contributed by atoms with Crippen LogP contribution in [0.2, 0.25) is 5.02 Å². The van der Waals surface area contributed by atoms with E-state index in [9.17, 15) is 9.90 Å². The molecule has 0 spiro atoms. The molecule has 2 rings (SSSR count). The van der Waals surface area contributed by atoms with Crippen molar-refractivity contribution in [2.24, 2.45) is 0 Å². The molecule has 0 aromatic heterocycles. The molecule has 0 atom stereocenters. The highest BCUT2D eigenvalue weighted by molar-refractivity contribution is 6.31. The summed E-state index contributed by atoms with van der Waals surface area (Å²) in [6, 6.07) is 15.1. The van der Waals surface area contributed by atoms with Crippen LogP contribution in [0, 0.1) is 0 Å². The van der Waals surface area contributed by atoms with E-state index in [4.69, 9.17) is 16.7 Å². The Hall–Kier alpha value is -2.04. The number of rotatable bonds is 7. The van der Waals surface area contributed by atoms with E-state index >= 15 is 0 Å². The molecule has 2 N–H and O–H groups in total. The molecule has 1 amide bonds. The van der Waals surface area contributed by atoms with Crippen molar-refractivity contribution >= 4 is 17.7 Å². The third-order valence-corrected chi connectivity index (χ3v) is 4.01. The van der Waals surface area contributed by atoms with Crippen LogP contribution in [0.3, 0.4) is 0 Å². The molecule has 0 saturated carbocycles. The molecule has 0 aliphatic heterocycles. The second-order valence-corrected chi connectivity index (χ2v) is 5.75. The SMILES string of the molecule is O=C(O)N(CCc1ccccc1Cl)Cc1cccc(CCO)c1. The molecular formula is C18H20ClNO3. The van der Waals surface area contributed by atoms with Gasteiger partial charge >= 0.3 is 6.09 Å². The number of benzene rings is 2. The number of carboxylic acid groups (broad SMARTS) is 1. The molecule has 0 aliphatic rings. The van der Waals surface area contributed by atoms with Gasteiger partial charge < -0.3 is 15.1 Å². The van der Waals surface area contributed by atoms with Gasteiger partial charge in [0.05, 0.1) is 0 Å². The van der Waals surface area contributed by atoms with Crippen molar-refractivity contribution in [3.8, 4) is 0 Å². The van der Waals surface area contributed by atoms with Gasteiger partial charge in [0.25, 0.3) is 0 Å². The van der Waals surface area contributed by atoms with Crippen LogP contribution >= 0.6 is 11.6 Å². The molecule has 0 heterocycles. The summed E-state index contributed by atoms with van der Waals surface area (Å²) in [6.07, 6.45) is 0.188. The Bertz CT molecular complexity index is 660. The summed E-state index contributed by atoms with van der Waals surface area (Å²) in [6.45, 7) is 0.779. The van der Waals surface area contributed by atoms with E-state index in [0.29, 0.717) is 31.0 Å². The van der Waals surface area contributed by atoms with E-state index in [1.807, 2.05) is 42.5 Å². The van der Waals surface area contributed by atoms with E-state index in [-0.39, 0.29) is 6.61 Å². The molecule has 2 aromatic rings. The predicted octanol–water partition coefficient (Wildman–Crippen LogP) is 3.60. The lowest BCUT2D eigenvalue weighted by atomic mass is 10.1. The van der Waals surface area contributed by atoms with Crippen LogP contribution in [0.5, 0.6) is 0 Å². The molecule has 0 radical (unpaired) electrons. The number of carbonyl (C=O) groups is 1. The zero-order chi connectivity index (χ0) is 16.7. The van der Waals surface area contributed by atoms with E-state index in [1.165, 1.54) is 4.90 Å². The second kappa shape index (κ2) is 8.56. The summed E-state index contributed by atoms with van der Waals surface area (Å²) in [5.41, 5.74) is 2.85. The van der Waals surface area contributed by atoms with Crippen LogP contribution in [0.4, 0.5) is 4.79 Å². The molecule has 0 saturated heterocycles. The van der Waals surface area contributed by atoms with Crippen molar-refractivity contribution in [2.75, 3.05) is 13.2 Å². The summed E-state index contributed by atoms with van der Waals surface area (Å²) in [5.74, 6) is 0. The maximum Gasteiger partial charge on any atom is 0.407 e. The number of nitrogens with zero attached hydrogens (tertiary/aromatic N) is 1. The Morgan fingerprint density at radius 3 is 2.48 bits per heavy atom. The molecule has 5 heteroatoms. The van der Waals surface area contributed by atoms with Gasteiger partial charge in [-0.15, -0.1) is 0 Å². The molecular weight excluding hydrogens is 314 g/mol. The summed E-state index contributed by atoms with van der Waals surface area (Å²) >= 11 is 6.11. The monoisotopic (exact) mass is 333 g/mol. The highest BCUT2D eigenvalue weighted by Gasteiger charge is 2.13. The minimum atomic E-state index is -0.954. The molecule has 2 aromatic carbocycles. The Labute approximate surface area is 140 Å². The van der Waals surface area contributed by atoms with Crippen molar-refractivity contribution in [1.82, 2.24) is 4.90 Å². The molecule has 122 valence electrons. The average Bonchev–Trinajstić information content (AvgIpc) is 2.53. The zero-order valence-corrected chi connectivity index (χ0v) is 13.5. The van der Waals surface area contributed by atoms with Gasteiger partial charge in [0, 0.05) is 24.7 Å². The number of amides is 1. The molecule has 4 nitrogen and oxygen atoms in total. The van der Waals surface area contributed by atoms with Crippen molar-refractivity contribution in [2.45, 2.75) is 19.4 Å². The minimum absolute atomic E-state index is 0.0819. The Morgan fingerprint density at radius 2 is 1.78 bits per heavy atom. The van der Waals surface area contributed by atoms with Crippen molar-refractivity contribution in [3.05, 3.63) is 70.2 Å². The maximum absolute atomic E-state index is 11.5. The highest BCUT2D eigenvalue weighted by atomic mass is 35.5. The van der Waals surface area contributed by atoms with Crippen LogP contribution in [0.25, 0.3) is 0 Å². The first-order chi connectivity index (χ1) is 11.1. The average molecular weight is 334 g/mol. The number of hydrogen-bond acceptors (Lipinski definition) is 2. The number of aliphatic hydroxyl groups excluding tert-OH is 1. The first-order valence-electron chi connectivity index (χ1n) is 7.50. The molecule has 23 heavy (non-hydrogen) atoms. The summed E-state index contributed by atoms with van der Waals surface area (Å²) in [5, 5.41) is 19.1.